The molecule has 19 heavy (non-hydrogen) atoms. The minimum atomic E-state index is 0.569. The summed E-state index contributed by atoms with van der Waals surface area (Å²) in [6.07, 6.45) is 1.15. The highest BCUT2D eigenvalue weighted by Crippen LogP contribution is 1.86. The quantitative estimate of drug-likeness (QED) is 0.438. The van der Waals surface area contributed by atoms with Gasteiger partial charge in [-0.3, -0.25) is 0 Å². The molecule has 1 atom stereocenters. The van der Waals surface area contributed by atoms with Gasteiger partial charge in [0.15, 0.2) is 0 Å². The molecule has 0 aromatic heterocycles. The minimum absolute atomic E-state index is 0.569. The van der Waals surface area contributed by atoms with Crippen LogP contribution in [0.5, 0.6) is 0 Å². The monoisotopic (exact) mass is 276 g/mol. The molecule has 0 bridgehead atoms. The SMILES string of the molecule is CCNCCOCCOCCOCCNC(C)CC. The maximum Gasteiger partial charge on any atom is 0.0701 e. The molecule has 0 aliphatic carbocycles. The first-order valence-corrected chi connectivity index (χ1v) is 7.48. The first kappa shape index (κ1) is 18.8. The summed E-state index contributed by atoms with van der Waals surface area (Å²) in [6.45, 7) is 13.3. The molecule has 0 radical (unpaired) electrons. The second kappa shape index (κ2) is 15.9. The van der Waals surface area contributed by atoms with Crippen molar-refractivity contribution in [2.75, 3.05) is 59.3 Å². The van der Waals surface area contributed by atoms with Crippen molar-refractivity contribution in [3.8, 4) is 0 Å². The van der Waals surface area contributed by atoms with Gasteiger partial charge >= 0.3 is 0 Å². The lowest BCUT2D eigenvalue weighted by Gasteiger charge is -2.11. The maximum atomic E-state index is 5.45. The van der Waals surface area contributed by atoms with Crippen LogP contribution in [0.25, 0.3) is 0 Å². The molecule has 0 amide bonds. The van der Waals surface area contributed by atoms with E-state index < -0.39 is 0 Å². The molecule has 2 N–H and O–H groups in total. The van der Waals surface area contributed by atoms with Crippen molar-refractivity contribution in [1.29, 1.82) is 0 Å². The fraction of sp³-hybridized carbons (Fsp3) is 1.00. The van der Waals surface area contributed by atoms with Crippen molar-refractivity contribution in [2.24, 2.45) is 0 Å². The lowest BCUT2D eigenvalue weighted by atomic mass is 10.3. The molecule has 5 nitrogen and oxygen atoms in total. The Morgan fingerprint density at radius 1 is 0.789 bits per heavy atom. The molecule has 5 heteroatoms. The summed E-state index contributed by atoms with van der Waals surface area (Å²) in [4.78, 5) is 0. The average molecular weight is 276 g/mol. The van der Waals surface area contributed by atoms with E-state index in [9.17, 15) is 0 Å². The number of hydrogen-bond donors (Lipinski definition) is 2. The molecule has 0 saturated carbocycles. The third-order valence-corrected chi connectivity index (χ3v) is 2.77. The van der Waals surface area contributed by atoms with Gasteiger partial charge in [-0.15, -0.1) is 0 Å². The summed E-state index contributed by atoms with van der Waals surface area (Å²) in [6, 6.07) is 0.569. The Hall–Kier alpha value is -0.200. The van der Waals surface area contributed by atoms with Crippen LogP contribution in [0.15, 0.2) is 0 Å². The van der Waals surface area contributed by atoms with Gasteiger partial charge in [0.1, 0.15) is 0 Å². The largest absolute Gasteiger partial charge is 0.378 e. The van der Waals surface area contributed by atoms with Crippen LogP contribution in [-0.4, -0.2) is 65.3 Å². The predicted molar refractivity (Wildman–Crippen MR) is 78.8 cm³/mol. The third kappa shape index (κ3) is 15.7. The molecule has 116 valence electrons. The van der Waals surface area contributed by atoms with E-state index in [2.05, 4.69) is 31.4 Å². The van der Waals surface area contributed by atoms with Crippen molar-refractivity contribution in [3.05, 3.63) is 0 Å². The normalized spacial score (nSPS) is 12.8. The van der Waals surface area contributed by atoms with Crippen LogP contribution in [0.3, 0.4) is 0 Å². The van der Waals surface area contributed by atoms with Gasteiger partial charge in [-0.25, -0.2) is 0 Å². The van der Waals surface area contributed by atoms with Gasteiger partial charge < -0.3 is 24.8 Å². The van der Waals surface area contributed by atoms with E-state index in [-0.39, 0.29) is 0 Å². The van der Waals surface area contributed by atoms with Gasteiger partial charge in [-0.1, -0.05) is 13.8 Å². The lowest BCUT2D eigenvalue weighted by Crippen LogP contribution is -2.29. The number of nitrogens with one attached hydrogen (secondary N) is 2. The highest BCUT2D eigenvalue weighted by Gasteiger charge is 1.96. The number of rotatable bonds is 15. The molecule has 0 fully saturated rings. The fourth-order valence-electron chi connectivity index (χ4n) is 1.38. The molecule has 0 aliphatic rings. The Balaban J connectivity index is 2.95. The Morgan fingerprint density at radius 3 is 1.84 bits per heavy atom. The van der Waals surface area contributed by atoms with E-state index in [1.807, 2.05) is 0 Å². The van der Waals surface area contributed by atoms with E-state index >= 15 is 0 Å². The van der Waals surface area contributed by atoms with E-state index in [4.69, 9.17) is 14.2 Å². The molecule has 0 heterocycles. The van der Waals surface area contributed by atoms with Crippen LogP contribution in [0.1, 0.15) is 27.2 Å². The molecular weight excluding hydrogens is 244 g/mol. The van der Waals surface area contributed by atoms with Crippen LogP contribution in [0.2, 0.25) is 0 Å². The van der Waals surface area contributed by atoms with E-state index in [0.717, 1.165) is 39.3 Å². The Morgan fingerprint density at radius 2 is 1.32 bits per heavy atom. The van der Waals surface area contributed by atoms with Crippen LogP contribution in [0, 0.1) is 0 Å². The van der Waals surface area contributed by atoms with E-state index in [1.165, 1.54) is 0 Å². The van der Waals surface area contributed by atoms with Crippen molar-refractivity contribution in [2.45, 2.75) is 33.2 Å². The second-order valence-corrected chi connectivity index (χ2v) is 4.45. The summed E-state index contributed by atoms with van der Waals surface area (Å²) < 4.78 is 16.2. The lowest BCUT2D eigenvalue weighted by molar-refractivity contribution is 0.0155. The molecular formula is C14H32N2O3. The zero-order valence-corrected chi connectivity index (χ0v) is 12.9. The van der Waals surface area contributed by atoms with Crippen molar-refractivity contribution >= 4 is 0 Å². The standard InChI is InChI=1S/C14H32N2O3/c1-4-14(3)16-7-9-18-11-13-19-12-10-17-8-6-15-5-2/h14-16H,4-13H2,1-3H3. The molecule has 0 aromatic carbocycles. The molecule has 0 saturated heterocycles. The van der Waals surface area contributed by atoms with Crippen LogP contribution >= 0.6 is 0 Å². The second-order valence-electron chi connectivity index (χ2n) is 4.45. The first-order valence-electron chi connectivity index (χ1n) is 7.48. The molecule has 0 spiro atoms. The fourth-order valence-corrected chi connectivity index (χ4v) is 1.38. The third-order valence-electron chi connectivity index (χ3n) is 2.77. The van der Waals surface area contributed by atoms with Gasteiger partial charge in [-0.2, -0.15) is 0 Å². The molecule has 0 rings (SSSR count). The van der Waals surface area contributed by atoms with Crippen molar-refractivity contribution in [1.82, 2.24) is 10.6 Å². The van der Waals surface area contributed by atoms with Crippen molar-refractivity contribution in [3.63, 3.8) is 0 Å². The predicted octanol–water partition coefficient (Wildman–Crippen LogP) is 1.03. The summed E-state index contributed by atoms with van der Waals surface area (Å²) in [5, 5.41) is 6.58. The van der Waals surface area contributed by atoms with Gasteiger partial charge in [0.25, 0.3) is 0 Å². The smallest absolute Gasteiger partial charge is 0.0701 e. The van der Waals surface area contributed by atoms with Gasteiger partial charge in [0.2, 0.25) is 0 Å². The Labute approximate surface area is 118 Å². The molecule has 0 aromatic rings. The van der Waals surface area contributed by atoms with E-state index in [0.29, 0.717) is 32.5 Å². The molecule has 1 unspecified atom stereocenters. The number of hydrogen-bond acceptors (Lipinski definition) is 5. The number of ether oxygens (including phenoxy) is 3. The minimum Gasteiger partial charge on any atom is -0.378 e. The topological polar surface area (TPSA) is 51.8 Å². The summed E-state index contributed by atoms with van der Waals surface area (Å²) in [5.41, 5.74) is 0. The van der Waals surface area contributed by atoms with Crippen LogP contribution in [0.4, 0.5) is 0 Å². The van der Waals surface area contributed by atoms with Crippen LogP contribution in [-0.2, 0) is 14.2 Å². The summed E-state index contributed by atoms with van der Waals surface area (Å²) >= 11 is 0. The maximum absolute atomic E-state index is 5.45. The highest BCUT2D eigenvalue weighted by molar-refractivity contribution is 4.56. The van der Waals surface area contributed by atoms with Gasteiger partial charge in [-0.05, 0) is 19.9 Å². The summed E-state index contributed by atoms with van der Waals surface area (Å²) in [5.74, 6) is 0. The Bertz CT molecular complexity index is 171. The zero-order chi connectivity index (χ0) is 14.2. The Kier molecular flexibility index (Phi) is 15.7. The van der Waals surface area contributed by atoms with Gasteiger partial charge in [0.05, 0.1) is 39.6 Å². The average Bonchev–Trinajstić information content (AvgIpc) is 2.43. The van der Waals surface area contributed by atoms with Crippen molar-refractivity contribution < 1.29 is 14.2 Å². The van der Waals surface area contributed by atoms with Crippen LogP contribution < -0.4 is 10.6 Å². The first-order chi connectivity index (χ1) is 9.31. The zero-order valence-electron chi connectivity index (χ0n) is 12.9. The number of likely N-dealkylation sites (N-methyl/N-ethyl adjacent to an activating group) is 1. The molecule has 0 aliphatic heterocycles. The van der Waals surface area contributed by atoms with E-state index in [1.54, 1.807) is 0 Å². The highest BCUT2D eigenvalue weighted by atomic mass is 16.5. The summed E-state index contributed by atoms with van der Waals surface area (Å²) in [7, 11) is 0. The van der Waals surface area contributed by atoms with Gasteiger partial charge in [0, 0.05) is 19.1 Å².